The monoisotopic (exact) mass is 1430 g/mol. The molecule has 34 heteroatoms. The van der Waals surface area contributed by atoms with Crippen LogP contribution in [0.5, 0.6) is 34.5 Å². The molecule has 0 unspecified atom stereocenters. The third-order valence-electron chi connectivity index (χ3n) is 10.7. The molecule has 8 aromatic carbocycles. The zero-order chi connectivity index (χ0) is 65.1. The summed E-state index contributed by atoms with van der Waals surface area (Å²) in [6.45, 7) is 2.26. The molecule has 0 heterocycles. The predicted molar refractivity (Wildman–Crippen MR) is 287 cm³/mol. The topological polar surface area (TPSA) is 173 Å². The second kappa shape index (κ2) is 36.6. The minimum atomic E-state index is -5.51. The molecule has 8 rings (SSSR count). The Morgan fingerprint density at radius 1 is 0.387 bits per heavy atom. The number of halogens is 20. The first-order chi connectivity index (χ1) is 39.8. The zero-order valence-electron chi connectivity index (χ0n) is 43.6. The number of hydrogen-bond donors (Lipinski definition) is 2. The minimum Gasteiger partial charge on any atom is -0.744 e. The van der Waals surface area contributed by atoms with Crippen LogP contribution in [-0.2, 0) is 20.2 Å². The number of benzene rings is 8. The molecule has 0 aliphatic carbocycles. The van der Waals surface area contributed by atoms with Crippen molar-refractivity contribution < 1.29 is 236 Å². The quantitative estimate of drug-likeness (QED) is 0.0283. The fraction of sp³-hybridized carbons (Fsp3) is 0.119. The van der Waals surface area contributed by atoms with Gasteiger partial charge in [-0.15, -0.1) is 12.8 Å². The van der Waals surface area contributed by atoms with Crippen molar-refractivity contribution in [2.24, 2.45) is 0 Å². The van der Waals surface area contributed by atoms with E-state index in [0.717, 1.165) is 36.4 Å². The van der Waals surface area contributed by atoms with E-state index in [1.165, 1.54) is 12.1 Å². The Kier molecular flexibility index (Phi) is 35.8. The molecule has 0 amide bonds. The summed E-state index contributed by atoms with van der Waals surface area (Å²) in [5, 5.41) is 17.7. The van der Waals surface area contributed by atoms with Crippen LogP contribution < -0.4 is 112 Å². The fourth-order valence-corrected chi connectivity index (χ4v) is 8.04. The van der Waals surface area contributed by atoms with E-state index in [9.17, 15) is 114 Å². The SMILES string of the molecule is C.C.C.C.C.C#Cc1cc(C)cc(Oc2ccc(Oc3c(F)c(F)c(-c4c(F)c(F)c(C)c(F)c4F)c(F)c3F)c(S(=O)(=O)[O-])c2)c1.C#Cc1cc(F)cc(F)c1.Fc1c(F)c(F)c(-c2c(F)c(F)c(F)c(F)c2F)c(F)c1F.O=S(=O)([O-])c1cc(O)ccc1O.[K+].[K+]. The molecule has 0 aliphatic heterocycles. The number of ether oxygens (including phenoxy) is 2. The largest absolute Gasteiger partial charge is 1.00 e. The minimum absolute atomic E-state index is 0. The number of terminal acetylenes is 2. The molecule has 0 aromatic heterocycles. The van der Waals surface area contributed by atoms with Crippen molar-refractivity contribution in [3.05, 3.63) is 211 Å². The van der Waals surface area contributed by atoms with E-state index in [-0.39, 0.29) is 163 Å². The van der Waals surface area contributed by atoms with Crippen molar-refractivity contribution >= 4 is 20.2 Å². The van der Waals surface area contributed by atoms with Gasteiger partial charge in [-0.1, -0.05) is 49.0 Å². The van der Waals surface area contributed by atoms with Crippen LogP contribution >= 0.6 is 0 Å². The van der Waals surface area contributed by atoms with Gasteiger partial charge in [0, 0.05) is 34.9 Å². The van der Waals surface area contributed by atoms with E-state index in [2.05, 4.69) is 11.8 Å². The molecular formula is C59H42F20K2O10S2. The van der Waals surface area contributed by atoms with Crippen LogP contribution in [0.25, 0.3) is 22.3 Å². The van der Waals surface area contributed by atoms with Crippen LogP contribution in [0, 0.1) is 155 Å². The first kappa shape index (κ1) is 91.0. The number of aromatic hydroxyl groups is 2. The van der Waals surface area contributed by atoms with Crippen molar-refractivity contribution in [2.45, 2.75) is 60.8 Å². The predicted octanol–water partition coefficient (Wildman–Crippen LogP) is 11.4. The summed E-state index contributed by atoms with van der Waals surface area (Å²) < 4.78 is 349. The maximum Gasteiger partial charge on any atom is 1.00 e. The van der Waals surface area contributed by atoms with Gasteiger partial charge in [0.1, 0.15) is 65.5 Å². The van der Waals surface area contributed by atoms with Crippen molar-refractivity contribution in [1.29, 1.82) is 0 Å². The Hall–Kier alpha value is -6.23. The van der Waals surface area contributed by atoms with E-state index < -0.39 is 191 Å². The maximum atomic E-state index is 14.9. The van der Waals surface area contributed by atoms with Gasteiger partial charge in [-0.25, -0.2) is 95.9 Å². The molecule has 0 atom stereocenters. The van der Waals surface area contributed by atoms with E-state index in [4.69, 9.17) is 32.5 Å². The molecular weight excluding hydrogens is 1390 g/mol. The summed E-state index contributed by atoms with van der Waals surface area (Å²) in [6, 6.07) is 12.4. The number of phenols is 2. The number of hydrogen-bond acceptors (Lipinski definition) is 10. The van der Waals surface area contributed by atoms with Gasteiger partial charge in [0.15, 0.2) is 81.4 Å². The molecule has 0 saturated heterocycles. The van der Waals surface area contributed by atoms with Gasteiger partial charge in [-0.05, 0) is 74.0 Å². The second-order valence-electron chi connectivity index (χ2n) is 16.5. The third kappa shape index (κ3) is 20.4. The Labute approximate surface area is 603 Å². The Bertz CT molecular complexity index is 4210. The fourth-order valence-electron chi connectivity index (χ4n) is 6.84. The molecule has 10 nitrogen and oxygen atoms in total. The standard InChI is InChI=1S/C28H14F8O5S.C12F10.C8H4F2.C6H6O5S.5CH4.2K/c1-4-13-7-11(2)8-15(9-13)40-14-5-6-16(17(10-14)42(37,38)39)41-28-26(35)24(33)19(25(34)27(28)36)18-22(31)20(29)12(3)21(30)23(18)32;13-3-1(4(14)8(18)11(21)7(3)17)2-5(15)9(19)12(22)10(20)6(2)16;1-2-6-3-7(9)5-8(10)4-6;7-4-1-2-5(8)6(3-4)12(9,10)11;;;;;;;/h1,5-10H,2-3H3,(H,37,38,39);;1,3-5H;1-3,7-8H,(H,9,10,11);5*1H4;;/q;;;;;;;;;2*+1/p-2. The van der Waals surface area contributed by atoms with Crippen LogP contribution in [0.4, 0.5) is 87.8 Å². The number of rotatable bonds is 8. The van der Waals surface area contributed by atoms with Crippen LogP contribution in [0.15, 0.2) is 82.6 Å². The van der Waals surface area contributed by atoms with Crippen molar-refractivity contribution in [1.82, 2.24) is 0 Å². The third-order valence-corrected chi connectivity index (χ3v) is 12.4. The molecule has 492 valence electrons. The molecule has 0 spiro atoms. The summed E-state index contributed by atoms with van der Waals surface area (Å²) in [7, 11) is -10.2. The maximum absolute atomic E-state index is 14.9. The number of aryl methyl sites for hydroxylation is 1. The molecule has 8 aromatic rings. The summed E-state index contributed by atoms with van der Waals surface area (Å²) in [5.41, 5.74) is -8.74. The second-order valence-corrected chi connectivity index (χ2v) is 19.2. The molecule has 2 N–H and O–H groups in total. The zero-order valence-corrected chi connectivity index (χ0v) is 51.5. The summed E-state index contributed by atoms with van der Waals surface area (Å²) >= 11 is 0. The molecule has 93 heavy (non-hydrogen) atoms. The van der Waals surface area contributed by atoms with Crippen LogP contribution in [-0.4, -0.2) is 36.2 Å². The Morgan fingerprint density at radius 3 is 1.09 bits per heavy atom. The molecule has 0 aliphatic rings. The van der Waals surface area contributed by atoms with Crippen LogP contribution in [0.1, 0.15) is 59.4 Å². The summed E-state index contributed by atoms with van der Waals surface area (Å²) in [6.07, 6.45) is 10.3. The summed E-state index contributed by atoms with van der Waals surface area (Å²) in [4.78, 5) is -2.12. The first-order valence-corrected chi connectivity index (χ1v) is 24.8. The van der Waals surface area contributed by atoms with Crippen LogP contribution in [0.2, 0.25) is 0 Å². The van der Waals surface area contributed by atoms with E-state index in [1.807, 2.05) is 0 Å². The average Bonchev–Trinajstić information content (AvgIpc) is 0.761. The van der Waals surface area contributed by atoms with E-state index in [0.29, 0.717) is 36.2 Å². The van der Waals surface area contributed by atoms with Crippen LogP contribution in [0.3, 0.4) is 0 Å². The van der Waals surface area contributed by atoms with Gasteiger partial charge in [0.05, 0.1) is 27.1 Å². The smallest absolute Gasteiger partial charge is 0.744 e. The first-order valence-electron chi connectivity index (χ1n) is 22.0. The average molecular weight is 1430 g/mol. The van der Waals surface area contributed by atoms with E-state index in [1.54, 1.807) is 13.0 Å². The van der Waals surface area contributed by atoms with Gasteiger partial charge >= 0.3 is 103 Å². The Balaban J connectivity index is -0.00000133. The molecule has 0 bridgehead atoms. The van der Waals surface area contributed by atoms with Crippen molar-refractivity contribution in [3.63, 3.8) is 0 Å². The van der Waals surface area contributed by atoms with Crippen molar-refractivity contribution in [2.75, 3.05) is 0 Å². The van der Waals surface area contributed by atoms with Gasteiger partial charge < -0.3 is 28.8 Å². The van der Waals surface area contributed by atoms with Gasteiger partial charge in [-0.2, -0.15) is 8.78 Å². The Morgan fingerprint density at radius 2 is 0.731 bits per heavy atom. The molecule has 0 saturated carbocycles. The normalized spacial score (nSPS) is 10.2. The van der Waals surface area contributed by atoms with Gasteiger partial charge in [0.2, 0.25) is 29.0 Å². The van der Waals surface area contributed by atoms with Crippen molar-refractivity contribution in [3.8, 4) is 81.4 Å². The molecule has 0 fully saturated rings. The molecule has 0 radical (unpaired) electrons. The number of phenolic OH excluding ortho intramolecular Hbond substituents is 2. The summed E-state index contributed by atoms with van der Waals surface area (Å²) in [5.74, 6) is -46.8. The van der Waals surface area contributed by atoms with Gasteiger partial charge in [-0.3, -0.25) is 0 Å². The van der Waals surface area contributed by atoms with Gasteiger partial charge in [0.25, 0.3) is 0 Å². The van der Waals surface area contributed by atoms with E-state index >= 15 is 0 Å².